The van der Waals surface area contributed by atoms with Crippen LogP contribution in [0.4, 0.5) is 0 Å². The first-order valence-corrected chi connectivity index (χ1v) is 4.53. The third-order valence-electron chi connectivity index (χ3n) is 1.38. The minimum atomic E-state index is -2.25. The number of hydrogen-bond donors (Lipinski definition) is 2. The number of aliphatic carboxylic acids is 1. The van der Waals surface area contributed by atoms with Crippen molar-refractivity contribution in [3.05, 3.63) is 0 Å². The van der Waals surface area contributed by atoms with Crippen molar-refractivity contribution >= 4 is 5.97 Å². The molecular weight excluding hydrogens is 188 g/mol. The molecule has 0 aromatic heterocycles. The second-order valence-corrected chi connectivity index (χ2v) is 3.62. The van der Waals surface area contributed by atoms with Crippen LogP contribution >= 0.6 is 0 Å². The van der Waals surface area contributed by atoms with Crippen molar-refractivity contribution in [1.82, 2.24) is 0 Å². The van der Waals surface area contributed by atoms with Crippen LogP contribution in [0.15, 0.2) is 0 Å². The number of carbonyl (C=O) groups is 1. The van der Waals surface area contributed by atoms with Gasteiger partial charge in [-0.1, -0.05) is 0 Å². The zero-order valence-corrected chi connectivity index (χ0v) is 8.98. The van der Waals surface area contributed by atoms with Gasteiger partial charge in [0.25, 0.3) is 5.79 Å². The lowest BCUT2D eigenvalue weighted by Gasteiger charge is -2.26. The number of hydrogen-bond acceptors (Lipinski definition) is 4. The summed E-state index contributed by atoms with van der Waals surface area (Å²) in [7, 11) is 0. The zero-order valence-electron chi connectivity index (χ0n) is 8.98. The second-order valence-electron chi connectivity index (χ2n) is 3.62. The molecule has 0 bridgehead atoms. The Morgan fingerprint density at radius 2 is 1.79 bits per heavy atom. The molecule has 0 aliphatic rings. The van der Waals surface area contributed by atoms with Crippen molar-refractivity contribution < 1.29 is 24.5 Å². The fourth-order valence-corrected chi connectivity index (χ4v) is 0.816. The van der Waals surface area contributed by atoms with Crippen LogP contribution in [-0.2, 0) is 14.3 Å². The molecule has 0 heterocycles. The first-order chi connectivity index (χ1) is 6.28. The predicted molar refractivity (Wildman–Crippen MR) is 49.9 cm³/mol. The lowest BCUT2D eigenvalue weighted by molar-refractivity contribution is -0.255. The van der Waals surface area contributed by atoms with E-state index in [1.807, 2.05) is 0 Å². The van der Waals surface area contributed by atoms with Crippen molar-refractivity contribution in [2.45, 2.75) is 45.7 Å². The Kier molecular flexibility index (Phi) is 5.04. The molecule has 1 unspecified atom stereocenters. The van der Waals surface area contributed by atoms with Crippen LogP contribution in [0, 0.1) is 0 Å². The molecule has 0 aliphatic carbocycles. The van der Waals surface area contributed by atoms with Crippen LogP contribution in [0.1, 0.15) is 27.7 Å². The maximum absolute atomic E-state index is 10.7. The Balaban J connectivity index is 4.32. The van der Waals surface area contributed by atoms with Gasteiger partial charge in [-0.3, -0.25) is 0 Å². The van der Waals surface area contributed by atoms with Gasteiger partial charge in [-0.15, -0.1) is 0 Å². The van der Waals surface area contributed by atoms with Crippen molar-refractivity contribution in [3.8, 4) is 0 Å². The Hall–Kier alpha value is -0.650. The molecule has 0 amide bonds. The third-order valence-corrected chi connectivity index (χ3v) is 1.38. The molecular formula is C9H18O5. The summed E-state index contributed by atoms with van der Waals surface area (Å²) in [4.78, 5) is 10.7. The van der Waals surface area contributed by atoms with Crippen molar-refractivity contribution in [3.63, 3.8) is 0 Å². The van der Waals surface area contributed by atoms with Gasteiger partial charge in [-0.2, -0.15) is 0 Å². The standard InChI is InChI=1S/C9H18O5/c1-6(2)13-5-9(12,8(10)11)14-7(3)4/h6-7,12H,5H2,1-4H3,(H,10,11). The minimum absolute atomic E-state index is 0.156. The number of carboxylic acid groups (broad SMARTS) is 1. The number of aliphatic hydroxyl groups is 1. The van der Waals surface area contributed by atoms with Crippen LogP contribution < -0.4 is 0 Å². The quantitative estimate of drug-likeness (QED) is 0.623. The molecule has 0 saturated carbocycles. The molecule has 0 fully saturated rings. The Labute approximate surface area is 83.6 Å². The van der Waals surface area contributed by atoms with E-state index < -0.39 is 11.8 Å². The van der Waals surface area contributed by atoms with E-state index in [0.717, 1.165) is 0 Å². The van der Waals surface area contributed by atoms with Crippen molar-refractivity contribution in [2.75, 3.05) is 6.61 Å². The average Bonchev–Trinajstić information content (AvgIpc) is 1.99. The monoisotopic (exact) mass is 206 g/mol. The summed E-state index contributed by atoms with van der Waals surface area (Å²) in [6, 6.07) is 0. The van der Waals surface area contributed by atoms with Gasteiger partial charge in [0, 0.05) is 0 Å². The smallest absolute Gasteiger partial charge is 0.366 e. The van der Waals surface area contributed by atoms with Gasteiger partial charge in [0.05, 0.1) is 12.2 Å². The molecule has 1 atom stereocenters. The van der Waals surface area contributed by atoms with Crippen LogP contribution in [0.2, 0.25) is 0 Å². The maximum atomic E-state index is 10.7. The topological polar surface area (TPSA) is 76.0 Å². The number of carboxylic acids is 1. The summed E-state index contributed by atoms with van der Waals surface area (Å²) < 4.78 is 9.89. The third kappa shape index (κ3) is 4.55. The van der Waals surface area contributed by atoms with Gasteiger partial charge in [0.1, 0.15) is 6.61 Å². The summed E-state index contributed by atoms with van der Waals surface area (Å²) >= 11 is 0. The van der Waals surface area contributed by atoms with E-state index in [4.69, 9.17) is 14.6 Å². The summed E-state index contributed by atoms with van der Waals surface area (Å²) in [5.41, 5.74) is 0. The van der Waals surface area contributed by atoms with Gasteiger partial charge in [0.2, 0.25) is 0 Å². The lowest BCUT2D eigenvalue weighted by Crippen LogP contribution is -2.48. The second kappa shape index (κ2) is 5.29. The molecule has 0 aromatic carbocycles. The Bertz CT molecular complexity index is 190. The van der Waals surface area contributed by atoms with E-state index in [0.29, 0.717) is 0 Å². The fraction of sp³-hybridized carbons (Fsp3) is 0.889. The maximum Gasteiger partial charge on any atom is 0.366 e. The first kappa shape index (κ1) is 13.4. The molecule has 0 saturated heterocycles. The Morgan fingerprint density at radius 1 is 1.29 bits per heavy atom. The van der Waals surface area contributed by atoms with E-state index >= 15 is 0 Å². The van der Waals surface area contributed by atoms with E-state index in [-0.39, 0.29) is 18.8 Å². The first-order valence-electron chi connectivity index (χ1n) is 4.53. The average molecular weight is 206 g/mol. The van der Waals surface area contributed by atoms with Gasteiger partial charge in [-0.05, 0) is 27.7 Å². The SMILES string of the molecule is CC(C)OCC(O)(OC(C)C)C(=O)O. The van der Waals surface area contributed by atoms with E-state index in [9.17, 15) is 9.90 Å². The van der Waals surface area contributed by atoms with E-state index in [2.05, 4.69) is 0 Å². The van der Waals surface area contributed by atoms with Gasteiger partial charge >= 0.3 is 5.97 Å². The van der Waals surface area contributed by atoms with Crippen LogP contribution in [0.25, 0.3) is 0 Å². The molecule has 84 valence electrons. The molecule has 0 spiro atoms. The molecule has 0 radical (unpaired) electrons. The van der Waals surface area contributed by atoms with Crippen molar-refractivity contribution in [2.24, 2.45) is 0 Å². The predicted octanol–water partition coefficient (Wildman–Crippen LogP) is 0.610. The lowest BCUT2D eigenvalue weighted by atomic mass is 10.3. The molecule has 2 N–H and O–H groups in total. The highest BCUT2D eigenvalue weighted by atomic mass is 16.7. The van der Waals surface area contributed by atoms with Gasteiger partial charge in [-0.25, -0.2) is 4.79 Å². The van der Waals surface area contributed by atoms with Crippen LogP contribution in [0.3, 0.4) is 0 Å². The fourth-order valence-electron chi connectivity index (χ4n) is 0.816. The number of rotatable bonds is 6. The highest BCUT2D eigenvalue weighted by Crippen LogP contribution is 2.12. The van der Waals surface area contributed by atoms with Gasteiger partial charge in [0.15, 0.2) is 0 Å². The van der Waals surface area contributed by atoms with E-state index in [1.54, 1.807) is 27.7 Å². The molecule has 0 rings (SSSR count). The van der Waals surface area contributed by atoms with Crippen molar-refractivity contribution in [1.29, 1.82) is 0 Å². The summed E-state index contributed by atoms with van der Waals surface area (Å²) in [6.07, 6.45) is -0.538. The highest BCUT2D eigenvalue weighted by molar-refractivity contribution is 5.75. The summed E-state index contributed by atoms with van der Waals surface area (Å²) in [5, 5.41) is 18.3. The minimum Gasteiger partial charge on any atom is -0.477 e. The number of ether oxygens (including phenoxy) is 2. The molecule has 14 heavy (non-hydrogen) atoms. The Morgan fingerprint density at radius 3 is 2.07 bits per heavy atom. The molecule has 5 heteroatoms. The summed E-state index contributed by atoms with van der Waals surface area (Å²) in [6.45, 7) is 6.40. The normalized spacial score (nSPS) is 15.9. The largest absolute Gasteiger partial charge is 0.477 e. The zero-order chi connectivity index (χ0) is 11.4. The van der Waals surface area contributed by atoms with E-state index in [1.165, 1.54) is 0 Å². The van der Waals surface area contributed by atoms with Crippen LogP contribution in [0.5, 0.6) is 0 Å². The summed E-state index contributed by atoms with van der Waals surface area (Å²) in [5.74, 6) is -3.69. The molecule has 0 aromatic rings. The molecule has 5 nitrogen and oxygen atoms in total. The molecule has 0 aliphatic heterocycles. The highest BCUT2D eigenvalue weighted by Gasteiger charge is 2.39. The van der Waals surface area contributed by atoms with Crippen LogP contribution in [-0.4, -0.2) is 40.8 Å². The van der Waals surface area contributed by atoms with Gasteiger partial charge < -0.3 is 19.7 Å².